The van der Waals surface area contributed by atoms with Gasteiger partial charge in [-0.25, -0.2) is 0 Å². The van der Waals surface area contributed by atoms with E-state index >= 15 is 0 Å². The monoisotopic (exact) mass is 199 g/mol. The highest BCUT2D eigenvalue weighted by atomic mass is 16.5. The van der Waals surface area contributed by atoms with E-state index in [-0.39, 0.29) is 11.4 Å². The van der Waals surface area contributed by atoms with Crippen LogP contribution in [0.1, 0.15) is 46.0 Å². The molecule has 0 amide bonds. The maximum atomic E-state index is 11.7. The molecule has 0 aromatic rings. The molecular weight excluding hydrogens is 178 g/mol. The Kier molecular flexibility index (Phi) is 3.20. The molecule has 1 rings (SSSR count). The van der Waals surface area contributed by atoms with Gasteiger partial charge >= 0.3 is 5.97 Å². The number of ether oxygens (including phenoxy) is 1. The molecule has 1 aliphatic carbocycles. The zero-order valence-electron chi connectivity index (χ0n) is 9.43. The number of nitrogens with two attached hydrogens (primary N) is 1. The molecule has 0 radical (unpaired) electrons. The second kappa shape index (κ2) is 3.89. The summed E-state index contributed by atoms with van der Waals surface area (Å²) in [4.78, 5) is 11.7. The molecule has 82 valence electrons. The second-order valence-electron chi connectivity index (χ2n) is 4.91. The minimum atomic E-state index is -0.793. The number of carbonyl (C=O) groups excluding carboxylic acids is 1. The molecule has 1 unspecified atom stereocenters. The maximum absolute atomic E-state index is 11.7. The zero-order chi connectivity index (χ0) is 10.8. The molecule has 0 bridgehead atoms. The topological polar surface area (TPSA) is 52.3 Å². The van der Waals surface area contributed by atoms with Gasteiger partial charge in [0.25, 0.3) is 0 Å². The van der Waals surface area contributed by atoms with Crippen molar-refractivity contribution < 1.29 is 9.53 Å². The van der Waals surface area contributed by atoms with Crippen LogP contribution in [0.25, 0.3) is 0 Å². The Hall–Kier alpha value is -0.570. The van der Waals surface area contributed by atoms with E-state index < -0.39 is 5.54 Å². The zero-order valence-corrected chi connectivity index (χ0v) is 9.43. The maximum Gasteiger partial charge on any atom is 0.326 e. The van der Waals surface area contributed by atoms with E-state index in [0.717, 1.165) is 25.7 Å². The van der Waals surface area contributed by atoms with Gasteiger partial charge in [-0.05, 0) is 18.3 Å². The molecule has 1 fully saturated rings. The summed E-state index contributed by atoms with van der Waals surface area (Å²) >= 11 is 0. The first kappa shape index (κ1) is 11.5. The Labute approximate surface area is 86.0 Å². The standard InChI is InChI=1S/C11H21NO2/c1-10(2)7-5-4-6-8-11(10,12)9(13)14-3/h4-8,12H2,1-3H3. The van der Waals surface area contributed by atoms with Crippen LogP contribution in [0.4, 0.5) is 0 Å². The highest BCUT2D eigenvalue weighted by Crippen LogP contribution is 2.41. The van der Waals surface area contributed by atoms with Gasteiger partial charge < -0.3 is 10.5 Å². The summed E-state index contributed by atoms with van der Waals surface area (Å²) < 4.78 is 4.82. The van der Waals surface area contributed by atoms with E-state index in [1.807, 2.05) is 0 Å². The highest BCUT2D eigenvalue weighted by molar-refractivity contribution is 5.81. The number of rotatable bonds is 1. The molecule has 0 heterocycles. The molecule has 14 heavy (non-hydrogen) atoms. The van der Waals surface area contributed by atoms with Crippen molar-refractivity contribution in [3.8, 4) is 0 Å². The van der Waals surface area contributed by atoms with Crippen LogP contribution >= 0.6 is 0 Å². The Morgan fingerprint density at radius 1 is 1.21 bits per heavy atom. The van der Waals surface area contributed by atoms with E-state index in [1.54, 1.807) is 0 Å². The van der Waals surface area contributed by atoms with Crippen molar-refractivity contribution in [2.45, 2.75) is 51.5 Å². The lowest BCUT2D eigenvalue weighted by molar-refractivity contribution is -0.152. The van der Waals surface area contributed by atoms with Crippen LogP contribution < -0.4 is 5.73 Å². The smallest absolute Gasteiger partial charge is 0.326 e. The molecule has 3 nitrogen and oxygen atoms in total. The van der Waals surface area contributed by atoms with Gasteiger partial charge in [0.15, 0.2) is 0 Å². The average Bonchev–Trinajstić information content (AvgIpc) is 2.26. The van der Waals surface area contributed by atoms with Crippen molar-refractivity contribution in [2.75, 3.05) is 7.11 Å². The van der Waals surface area contributed by atoms with Crippen molar-refractivity contribution in [2.24, 2.45) is 11.1 Å². The predicted octanol–water partition coefficient (Wildman–Crippen LogP) is 1.85. The van der Waals surface area contributed by atoms with E-state index in [1.165, 1.54) is 13.5 Å². The van der Waals surface area contributed by atoms with Crippen LogP contribution in [0.15, 0.2) is 0 Å². The van der Waals surface area contributed by atoms with Gasteiger partial charge in [-0.15, -0.1) is 0 Å². The second-order valence-corrected chi connectivity index (χ2v) is 4.91. The third-order valence-corrected chi connectivity index (χ3v) is 3.63. The molecule has 1 aliphatic rings. The van der Waals surface area contributed by atoms with Gasteiger partial charge in [0.05, 0.1) is 7.11 Å². The van der Waals surface area contributed by atoms with Gasteiger partial charge in [-0.1, -0.05) is 33.1 Å². The van der Waals surface area contributed by atoms with E-state index in [4.69, 9.17) is 10.5 Å². The summed E-state index contributed by atoms with van der Waals surface area (Å²) in [6, 6.07) is 0. The SMILES string of the molecule is COC(=O)C1(N)CCCCCC1(C)C. The van der Waals surface area contributed by atoms with Crippen molar-refractivity contribution >= 4 is 5.97 Å². The summed E-state index contributed by atoms with van der Waals surface area (Å²) in [5, 5.41) is 0. The van der Waals surface area contributed by atoms with Gasteiger partial charge in [-0.2, -0.15) is 0 Å². The molecular formula is C11H21NO2. The number of methoxy groups -OCH3 is 1. The minimum absolute atomic E-state index is 0.156. The minimum Gasteiger partial charge on any atom is -0.468 e. The van der Waals surface area contributed by atoms with Crippen molar-refractivity contribution in [3.63, 3.8) is 0 Å². The first-order valence-electron chi connectivity index (χ1n) is 5.31. The van der Waals surface area contributed by atoms with Gasteiger partial charge in [0.2, 0.25) is 0 Å². The van der Waals surface area contributed by atoms with E-state index in [0.29, 0.717) is 0 Å². The summed E-state index contributed by atoms with van der Waals surface area (Å²) in [6.07, 6.45) is 5.09. The van der Waals surface area contributed by atoms with Crippen molar-refractivity contribution in [1.82, 2.24) is 0 Å². The van der Waals surface area contributed by atoms with Crippen LogP contribution in [0.2, 0.25) is 0 Å². The fraction of sp³-hybridized carbons (Fsp3) is 0.909. The van der Waals surface area contributed by atoms with Crippen molar-refractivity contribution in [1.29, 1.82) is 0 Å². The molecule has 3 heteroatoms. The Morgan fingerprint density at radius 2 is 1.79 bits per heavy atom. The first-order chi connectivity index (χ1) is 6.44. The third-order valence-electron chi connectivity index (χ3n) is 3.63. The predicted molar refractivity (Wildman–Crippen MR) is 55.8 cm³/mol. The fourth-order valence-electron chi connectivity index (χ4n) is 2.27. The fourth-order valence-corrected chi connectivity index (χ4v) is 2.27. The Balaban J connectivity index is 2.95. The molecule has 0 aromatic carbocycles. The number of hydrogen-bond donors (Lipinski definition) is 1. The van der Waals surface area contributed by atoms with Crippen LogP contribution in [-0.4, -0.2) is 18.6 Å². The summed E-state index contributed by atoms with van der Waals surface area (Å²) in [7, 11) is 1.41. The number of esters is 1. The molecule has 0 spiro atoms. The average molecular weight is 199 g/mol. The van der Waals surface area contributed by atoms with E-state index in [2.05, 4.69) is 13.8 Å². The highest BCUT2D eigenvalue weighted by Gasteiger charge is 2.48. The summed E-state index contributed by atoms with van der Waals surface area (Å²) in [5.74, 6) is -0.260. The lowest BCUT2D eigenvalue weighted by Gasteiger charge is -2.40. The van der Waals surface area contributed by atoms with Crippen LogP contribution in [-0.2, 0) is 9.53 Å². The molecule has 1 saturated carbocycles. The van der Waals surface area contributed by atoms with Crippen LogP contribution in [0, 0.1) is 5.41 Å². The van der Waals surface area contributed by atoms with Crippen molar-refractivity contribution in [3.05, 3.63) is 0 Å². The number of carbonyl (C=O) groups is 1. The first-order valence-corrected chi connectivity index (χ1v) is 5.31. The lowest BCUT2D eigenvalue weighted by Crippen LogP contribution is -2.58. The van der Waals surface area contributed by atoms with Crippen LogP contribution in [0.3, 0.4) is 0 Å². The quantitative estimate of drug-likeness (QED) is 0.518. The van der Waals surface area contributed by atoms with Gasteiger partial charge in [0, 0.05) is 0 Å². The molecule has 1 atom stereocenters. The van der Waals surface area contributed by atoms with Crippen LogP contribution in [0.5, 0.6) is 0 Å². The summed E-state index contributed by atoms with van der Waals surface area (Å²) in [6.45, 7) is 4.13. The molecule has 0 aromatic heterocycles. The normalized spacial score (nSPS) is 32.0. The molecule has 2 N–H and O–H groups in total. The number of hydrogen-bond acceptors (Lipinski definition) is 3. The lowest BCUT2D eigenvalue weighted by atomic mass is 9.69. The van der Waals surface area contributed by atoms with E-state index in [9.17, 15) is 4.79 Å². The third kappa shape index (κ3) is 1.78. The van der Waals surface area contributed by atoms with Gasteiger partial charge in [0.1, 0.15) is 5.54 Å². The van der Waals surface area contributed by atoms with Gasteiger partial charge in [-0.3, -0.25) is 4.79 Å². The largest absolute Gasteiger partial charge is 0.468 e. The Bertz CT molecular complexity index is 225. The molecule has 0 saturated heterocycles. The Morgan fingerprint density at radius 3 is 2.36 bits per heavy atom. The summed E-state index contributed by atoms with van der Waals surface area (Å²) in [5.41, 5.74) is 5.27. The molecule has 0 aliphatic heterocycles.